The number of ether oxygens (including phenoxy) is 2. The van der Waals surface area contributed by atoms with Gasteiger partial charge in [0.2, 0.25) is 5.88 Å². The van der Waals surface area contributed by atoms with Crippen molar-refractivity contribution in [2.24, 2.45) is 0 Å². The highest BCUT2D eigenvalue weighted by Crippen LogP contribution is 2.32. The Hall–Kier alpha value is -3.10. The van der Waals surface area contributed by atoms with Crippen molar-refractivity contribution in [2.45, 2.75) is 59.2 Å². The van der Waals surface area contributed by atoms with Crippen LogP contribution in [0.3, 0.4) is 0 Å². The number of carbonyl (C=O) groups is 2. The molecule has 0 saturated carbocycles. The summed E-state index contributed by atoms with van der Waals surface area (Å²) in [7, 11) is 1.51. The quantitative estimate of drug-likeness (QED) is 0.789. The Balaban J connectivity index is 2.00. The lowest BCUT2D eigenvalue weighted by atomic mass is 10.1. The van der Waals surface area contributed by atoms with Gasteiger partial charge in [0.1, 0.15) is 22.3 Å². The molecule has 1 aliphatic rings. The topological polar surface area (TPSA) is 105 Å². The number of amides is 1. The van der Waals surface area contributed by atoms with Crippen LogP contribution in [-0.2, 0) is 4.74 Å². The van der Waals surface area contributed by atoms with Crippen LogP contribution >= 0.6 is 0 Å². The molecule has 31 heavy (non-hydrogen) atoms. The third kappa shape index (κ3) is 4.50. The van der Waals surface area contributed by atoms with Crippen molar-refractivity contribution in [3.05, 3.63) is 23.4 Å². The fourth-order valence-corrected chi connectivity index (χ4v) is 4.01. The summed E-state index contributed by atoms with van der Waals surface area (Å²) in [6.45, 7) is 12.3. The van der Waals surface area contributed by atoms with Gasteiger partial charge in [0, 0.05) is 13.1 Å². The van der Waals surface area contributed by atoms with Gasteiger partial charge in [0.05, 0.1) is 30.4 Å². The molecule has 3 rings (SSSR count). The van der Waals surface area contributed by atoms with Gasteiger partial charge in [-0.15, -0.1) is 0 Å². The average Bonchev–Trinajstić information content (AvgIpc) is 2.64. The van der Waals surface area contributed by atoms with E-state index in [-0.39, 0.29) is 23.7 Å². The lowest BCUT2D eigenvalue weighted by Crippen LogP contribution is -2.59. The first-order valence-electron chi connectivity index (χ1n) is 10.3. The van der Waals surface area contributed by atoms with E-state index in [2.05, 4.69) is 14.9 Å². The summed E-state index contributed by atoms with van der Waals surface area (Å²) < 4.78 is 10.9. The monoisotopic (exact) mass is 430 g/mol. The van der Waals surface area contributed by atoms with E-state index in [0.717, 1.165) is 5.69 Å². The second-order valence-corrected chi connectivity index (χ2v) is 8.94. The SMILES string of the molecule is COc1nc2c(N3C[C@@H](C)N(C(=O)OC(C)(C)C)[C@@H](C)C3)ccc(C(=O)O)c2nc1C. The Kier molecular flexibility index (Phi) is 5.98. The van der Waals surface area contributed by atoms with Gasteiger partial charge in [-0.1, -0.05) is 0 Å². The van der Waals surface area contributed by atoms with Gasteiger partial charge >= 0.3 is 12.1 Å². The maximum Gasteiger partial charge on any atom is 0.410 e. The zero-order chi connectivity index (χ0) is 23.1. The number of carboxylic acid groups (broad SMARTS) is 1. The van der Waals surface area contributed by atoms with Gasteiger partial charge in [-0.3, -0.25) is 4.90 Å². The van der Waals surface area contributed by atoms with Crippen molar-refractivity contribution in [1.29, 1.82) is 0 Å². The van der Waals surface area contributed by atoms with E-state index in [0.29, 0.717) is 35.7 Å². The largest absolute Gasteiger partial charge is 0.480 e. The minimum atomic E-state index is -1.06. The number of piperazine rings is 1. The van der Waals surface area contributed by atoms with Crippen LogP contribution in [0.2, 0.25) is 0 Å². The number of anilines is 1. The van der Waals surface area contributed by atoms with Gasteiger partial charge < -0.3 is 19.5 Å². The summed E-state index contributed by atoms with van der Waals surface area (Å²) in [5.74, 6) is -0.711. The van der Waals surface area contributed by atoms with Gasteiger partial charge in [0.15, 0.2) is 0 Å². The van der Waals surface area contributed by atoms with Gasteiger partial charge in [-0.05, 0) is 53.7 Å². The van der Waals surface area contributed by atoms with Crippen molar-refractivity contribution in [3.8, 4) is 5.88 Å². The molecule has 0 unspecified atom stereocenters. The molecule has 1 fully saturated rings. The number of carboxylic acids is 1. The lowest BCUT2D eigenvalue weighted by molar-refractivity contribution is 0.00566. The molecule has 2 aromatic rings. The summed E-state index contributed by atoms with van der Waals surface area (Å²) in [6, 6.07) is 3.06. The number of methoxy groups -OCH3 is 1. The summed E-state index contributed by atoms with van der Waals surface area (Å²) in [4.78, 5) is 37.3. The van der Waals surface area contributed by atoms with Crippen LogP contribution in [-0.4, -0.2) is 69.9 Å². The average molecular weight is 431 g/mol. The van der Waals surface area contributed by atoms with Crippen LogP contribution in [0.15, 0.2) is 12.1 Å². The third-order valence-corrected chi connectivity index (χ3v) is 5.22. The number of benzene rings is 1. The molecule has 9 nitrogen and oxygen atoms in total. The Morgan fingerprint density at radius 2 is 1.71 bits per heavy atom. The summed E-state index contributed by atoms with van der Waals surface area (Å²) >= 11 is 0. The molecule has 168 valence electrons. The van der Waals surface area contributed by atoms with Crippen LogP contribution in [0.25, 0.3) is 11.0 Å². The molecule has 2 atom stereocenters. The highest BCUT2D eigenvalue weighted by atomic mass is 16.6. The number of hydrogen-bond acceptors (Lipinski definition) is 7. The second-order valence-electron chi connectivity index (χ2n) is 8.94. The minimum absolute atomic E-state index is 0.0884. The number of aromatic carboxylic acids is 1. The molecule has 1 saturated heterocycles. The molecule has 9 heteroatoms. The zero-order valence-corrected chi connectivity index (χ0v) is 19.1. The predicted octanol–water partition coefficient (Wildman–Crippen LogP) is 3.48. The van der Waals surface area contributed by atoms with Crippen molar-refractivity contribution in [2.75, 3.05) is 25.1 Å². The number of aryl methyl sites for hydroxylation is 1. The zero-order valence-electron chi connectivity index (χ0n) is 19.1. The molecule has 0 radical (unpaired) electrons. The van der Waals surface area contributed by atoms with Crippen LogP contribution in [0, 0.1) is 6.92 Å². The van der Waals surface area contributed by atoms with E-state index in [4.69, 9.17) is 9.47 Å². The van der Waals surface area contributed by atoms with E-state index >= 15 is 0 Å². The molecule has 1 aromatic carbocycles. The number of carbonyl (C=O) groups excluding carboxylic acids is 1. The van der Waals surface area contributed by atoms with E-state index in [9.17, 15) is 14.7 Å². The van der Waals surface area contributed by atoms with Gasteiger partial charge in [0.25, 0.3) is 0 Å². The van der Waals surface area contributed by atoms with Crippen LogP contribution in [0.4, 0.5) is 10.5 Å². The van der Waals surface area contributed by atoms with E-state index < -0.39 is 11.6 Å². The van der Waals surface area contributed by atoms with Gasteiger partial charge in [-0.2, -0.15) is 0 Å². The standard InChI is InChI=1S/C22H30N4O5/c1-12-10-25(11-13(2)26(12)21(29)31-22(4,5)6)16-9-8-15(20(27)28)17-18(16)24-19(30-7)14(3)23-17/h8-9,12-13H,10-11H2,1-7H3,(H,27,28)/t12-,13+. The first-order valence-corrected chi connectivity index (χ1v) is 10.3. The molecule has 0 spiro atoms. The highest BCUT2D eigenvalue weighted by molar-refractivity contribution is 6.04. The number of rotatable bonds is 3. The first-order chi connectivity index (χ1) is 14.4. The minimum Gasteiger partial charge on any atom is -0.480 e. The van der Waals surface area contributed by atoms with Gasteiger partial charge in [-0.25, -0.2) is 19.6 Å². The van der Waals surface area contributed by atoms with Crippen molar-refractivity contribution in [1.82, 2.24) is 14.9 Å². The summed E-state index contributed by atoms with van der Waals surface area (Å²) in [6.07, 6.45) is -0.338. The van der Waals surface area contributed by atoms with E-state index in [1.165, 1.54) is 7.11 Å². The number of hydrogen-bond donors (Lipinski definition) is 1. The number of nitrogens with zero attached hydrogens (tertiary/aromatic N) is 4. The predicted molar refractivity (Wildman–Crippen MR) is 117 cm³/mol. The lowest BCUT2D eigenvalue weighted by Gasteiger charge is -2.45. The molecular formula is C22H30N4O5. The molecule has 2 heterocycles. The van der Waals surface area contributed by atoms with Crippen LogP contribution in [0.5, 0.6) is 5.88 Å². The van der Waals surface area contributed by atoms with Crippen LogP contribution in [0.1, 0.15) is 50.7 Å². The van der Waals surface area contributed by atoms with E-state index in [1.807, 2.05) is 34.6 Å². The molecule has 1 N–H and O–H groups in total. The summed E-state index contributed by atoms with van der Waals surface area (Å²) in [5.41, 5.74) is 1.58. The van der Waals surface area contributed by atoms with Crippen molar-refractivity contribution >= 4 is 28.8 Å². The Morgan fingerprint density at radius 3 is 2.23 bits per heavy atom. The Bertz CT molecular complexity index is 1010. The fourth-order valence-electron chi connectivity index (χ4n) is 4.01. The smallest absolute Gasteiger partial charge is 0.410 e. The molecular weight excluding hydrogens is 400 g/mol. The number of fused-ring (bicyclic) bond motifs is 1. The summed E-state index contributed by atoms with van der Waals surface area (Å²) in [5, 5.41) is 9.60. The first kappa shape index (κ1) is 22.6. The molecule has 1 aliphatic heterocycles. The number of aromatic nitrogens is 2. The highest BCUT2D eigenvalue weighted by Gasteiger charge is 2.36. The molecule has 1 aromatic heterocycles. The fraction of sp³-hybridized carbons (Fsp3) is 0.545. The van der Waals surface area contributed by atoms with Crippen LogP contribution < -0.4 is 9.64 Å². The second kappa shape index (κ2) is 8.20. The Labute approximate surface area is 182 Å². The molecule has 1 amide bonds. The third-order valence-electron chi connectivity index (χ3n) is 5.22. The maximum absolute atomic E-state index is 12.7. The van der Waals surface area contributed by atoms with Crippen molar-refractivity contribution < 1.29 is 24.2 Å². The molecule has 0 bridgehead atoms. The molecule has 0 aliphatic carbocycles. The van der Waals surface area contributed by atoms with E-state index in [1.54, 1.807) is 24.0 Å². The normalized spacial score (nSPS) is 19.5. The maximum atomic E-state index is 12.7. The Morgan fingerprint density at radius 1 is 1.10 bits per heavy atom. The van der Waals surface area contributed by atoms with Crippen molar-refractivity contribution in [3.63, 3.8) is 0 Å².